The van der Waals surface area contributed by atoms with Crippen LogP contribution in [-0.2, 0) is 19.0 Å². The summed E-state index contributed by atoms with van der Waals surface area (Å²) in [7, 11) is 1.66. The molecule has 0 amide bonds. The van der Waals surface area contributed by atoms with E-state index in [0.29, 0.717) is 18.8 Å². The number of ether oxygens (including phenoxy) is 3. The highest BCUT2D eigenvalue weighted by Crippen LogP contribution is 2.12. The quantitative estimate of drug-likeness (QED) is 0.363. The van der Waals surface area contributed by atoms with Crippen LogP contribution in [0.25, 0.3) is 0 Å². The van der Waals surface area contributed by atoms with E-state index in [4.69, 9.17) is 14.2 Å². The van der Waals surface area contributed by atoms with E-state index in [1.807, 2.05) is 13.8 Å². The van der Waals surface area contributed by atoms with Gasteiger partial charge in [0, 0.05) is 13.7 Å². The van der Waals surface area contributed by atoms with Crippen LogP contribution in [0.2, 0.25) is 0 Å². The van der Waals surface area contributed by atoms with Crippen LogP contribution >= 0.6 is 0 Å². The Morgan fingerprint density at radius 1 is 1.38 bits per heavy atom. The van der Waals surface area contributed by atoms with E-state index in [9.17, 15) is 4.79 Å². The number of carbonyl (C=O) groups excluding carboxylic acids is 1. The van der Waals surface area contributed by atoms with Crippen molar-refractivity contribution in [1.29, 1.82) is 0 Å². The Kier molecular flexibility index (Phi) is 7.01. The molecule has 0 aliphatic heterocycles. The Morgan fingerprint density at radius 3 is 2.50 bits per heavy atom. The van der Waals surface area contributed by atoms with Gasteiger partial charge in [0.05, 0.1) is 24.4 Å². The summed E-state index contributed by atoms with van der Waals surface area (Å²) in [5.41, 5.74) is 0.141. The van der Waals surface area contributed by atoms with E-state index in [1.54, 1.807) is 14.0 Å². The summed E-state index contributed by atoms with van der Waals surface area (Å²) in [5, 5.41) is 0. The monoisotopic (exact) mass is 230 g/mol. The average molecular weight is 230 g/mol. The molecule has 4 heteroatoms. The molecule has 0 aliphatic carbocycles. The highest BCUT2D eigenvalue weighted by Gasteiger charge is 2.16. The average Bonchev–Trinajstić information content (AvgIpc) is 2.24. The van der Waals surface area contributed by atoms with Crippen LogP contribution in [0, 0.1) is 0 Å². The number of hydrogen-bond donors (Lipinski definition) is 0. The number of esters is 1. The zero-order valence-corrected chi connectivity index (χ0v) is 10.7. The molecule has 0 spiro atoms. The van der Waals surface area contributed by atoms with Crippen LogP contribution in [0.1, 0.15) is 27.2 Å². The van der Waals surface area contributed by atoms with Gasteiger partial charge >= 0.3 is 5.97 Å². The summed E-state index contributed by atoms with van der Waals surface area (Å²) in [4.78, 5) is 11.2. The smallest absolute Gasteiger partial charge is 0.335 e. The SMILES string of the molecule is C=C(COCCC(C)(C)OC)C(=O)OCC. The Bertz CT molecular complexity index is 233. The lowest BCUT2D eigenvalue weighted by Gasteiger charge is -2.22. The molecule has 0 saturated heterocycles. The van der Waals surface area contributed by atoms with Crippen molar-refractivity contribution in [2.45, 2.75) is 32.8 Å². The van der Waals surface area contributed by atoms with Crippen LogP contribution in [0.3, 0.4) is 0 Å². The molecule has 0 radical (unpaired) electrons. The summed E-state index contributed by atoms with van der Waals surface area (Å²) >= 11 is 0. The maximum absolute atomic E-state index is 11.2. The highest BCUT2D eigenvalue weighted by atomic mass is 16.5. The maximum atomic E-state index is 11.2. The van der Waals surface area contributed by atoms with Crippen LogP contribution < -0.4 is 0 Å². The first kappa shape index (κ1) is 15.1. The number of methoxy groups -OCH3 is 1. The Labute approximate surface area is 97.6 Å². The van der Waals surface area contributed by atoms with E-state index < -0.39 is 5.97 Å². The Morgan fingerprint density at radius 2 is 2.00 bits per heavy atom. The number of rotatable bonds is 8. The topological polar surface area (TPSA) is 44.8 Å². The minimum atomic E-state index is -0.395. The zero-order chi connectivity index (χ0) is 12.6. The van der Waals surface area contributed by atoms with Crippen molar-refractivity contribution < 1.29 is 19.0 Å². The predicted octanol–water partition coefficient (Wildman–Crippen LogP) is 1.94. The first-order chi connectivity index (χ1) is 7.43. The van der Waals surface area contributed by atoms with E-state index in [0.717, 1.165) is 6.42 Å². The van der Waals surface area contributed by atoms with Crippen molar-refractivity contribution in [1.82, 2.24) is 0 Å². The number of hydrogen-bond acceptors (Lipinski definition) is 4. The third kappa shape index (κ3) is 6.58. The largest absolute Gasteiger partial charge is 0.463 e. The van der Waals surface area contributed by atoms with Gasteiger partial charge in [0.15, 0.2) is 0 Å². The van der Waals surface area contributed by atoms with Crippen LogP contribution in [-0.4, -0.2) is 38.5 Å². The first-order valence-electron chi connectivity index (χ1n) is 5.40. The third-order valence-electron chi connectivity index (χ3n) is 2.24. The van der Waals surface area contributed by atoms with Gasteiger partial charge in [-0.05, 0) is 27.2 Å². The highest BCUT2D eigenvalue weighted by molar-refractivity contribution is 5.87. The second-order valence-corrected chi connectivity index (χ2v) is 4.09. The summed E-state index contributed by atoms with van der Waals surface area (Å²) in [6.45, 7) is 10.4. The fraction of sp³-hybridized carbons (Fsp3) is 0.750. The van der Waals surface area contributed by atoms with Crippen molar-refractivity contribution in [2.24, 2.45) is 0 Å². The van der Waals surface area contributed by atoms with Gasteiger partial charge in [-0.1, -0.05) is 6.58 Å². The van der Waals surface area contributed by atoms with E-state index in [1.165, 1.54) is 0 Å². The number of carbonyl (C=O) groups is 1. The lowest BCUT2D eigenvalue weighted by molar-refractivity contribution is -0.139. The fourth-order valence-corrected chi connectivity index (χ4v) is 0.907. The van der Waals surface area contributed by atoms with Crippen LogP contribution in [0.4, 0.5) is 0 Å². The molecular weight excluding hydrogens is 208 g/mol. The molecule has 0 aromatic heterocycles. The molecule has 0 heterocycles. The normalized spacial score (nSPS) is 11.2. The van der Waals surface area contributed by atoms with Gasteiger partial charge in [-0.15, -0.1) is 0 Å². The van der Waals surface area contributed by atoms with Gasteiger partial charge in [0.25, 0.3) is 0 Å². The molecule has 0 aromatic carbocycles. The lowest BCUT2D eigenvalue weighted by Crippen LogP contribution is -2.25. The third-order valence-corrected chi connectivity index (χ3v) is 2.24. The Hall–Kier alpha value is -0.870. The second kappa shape index (κ2) is 7.41. The van der Waals surface area contributed by atoms with Crippen molar-refractivity contribution in [3.05, 3.63) is 12.2 Å². The predicted molar refractivity (Wildman–Crippen MR) is 62.3 cm³/mol. The standard InChI is InChI=1S/C12H22O4/c1-6-16-11(13)10(2)9-15-8-7-12(3,4)14-5/h2,6-9H2,1,3-5H3. The lowest BCUT2D eigenvalue weighted by atomic mass is 10.1. The second-order valence-electron chi connectivity index (χ2n) is 4.09. The maximum Gasteiger partial charge on any atom is 0.335 e. The molecule has 0 aliphatic rings. The summed E-state index contributed by atoms with van der Waals surface area (Å²) < 4.78 is 15.3. The van der Waals surface area contributed by atoms with Crippen molar-refractivity contribution in [3.63, 3.8) is 0 Å². The molecule has 0 rings (SSSR count). The molecule has 0 unspecified atom stereocenters. The molecule has 4 nitrogen and oxygen atoms in total. The minimum absolute atomic E-state index is 0.203. The molecular formula is C12H22O4. The molecule has 94 valence electrons. The fourth-order valence-electron chi connectivity index (χ4n) is 0.907. The van der Waals surface area contributed by atoms with Gasteiger partial charge in [-0.25, -0.2) is 4.79 Å². The van der Waals surface area contributed by atoms with E-state index in [2.05, 4.69) is 6.58 Å². The molecule has 0 atom stereocenters. The van der Waals surface area contributed by atoms with Crippen LogP contribution in [0.15, 0.2) is 12.2 Å². The van der Waals surface area contributed by atoms with Crippen molar-refractivity contribution >= 4 is 5.97 Å². The molecule has 0 saturated carbocycles. The zero-order valence-electron chi connectivity index (χ0n) is 10.7. The van der Waals surface area contributed by atoms with Crippen molar-refractivity contribution in [2.75, 3.05) is 26.9 Å². The summed E-state index contributed by atoms with van der Waals surface area (Å²) in [5.74, 6) is -0.395. The van der Waals surface area contributed by atoms with Crippen molar-refractivity contribution in [3.8, 4) is 0 Å². The molecule has 0 aromatic rings. The molecule has 0 fully saturated rings. The van der Waals surface area contributed by atoms with Gasteiger partial charge < -0.3 is 14.2 Å². The van der Waals surface area contributed by atoms with Gasteiger partial charge in [-0.3, -0.25) is 0 Å². The first-order valence-corrected chi connectivity index (χ1v) is 5.40. The molecule has 0 N–H and O–H groups in total. The van der Waals surface area contributed by atoms with Gasteiger partial charge in [-0.2, -0.15) is 0 Å². The molecule has 0 bridgehead atoms. The summed E-state index contributed by atoms with van der Waals surface area (Å²) in [6.07, 6.45) is 0.763. The van der Waals surface area contributed by atoms with E-state index in [-0.39, 0.29) is 12.2 Å². The molecule has 16 heavy (non-hydrogen) atoms. The van der Waals surface area contributed by atoms with Gasteiger partial charge in [0.2, 0.25) is 0 Å². The van der Waals surface area contributed by atoms with E-state index >= 15 is 0 Å². The van der Waals surface area contributed by atoms with Crippen LogP contribution in [0.5, 0.6) is 0 Å². The summed E-state index contributed by atoms with van der Waals surface area (Å²) in [6, 6.07) is 0. The minimum Gasteiger partial charge on any atom is -0.463 e. The Balaban J connectivity index is 3.67. The van der Waals surface area contributed by atoms with Gasteiger partial charge in [0.1, 0.15) is 0 Å².